The molecule has 1 heteroatoms. The first-order valence-corrected chi connectivity index (χ1v) is 2.56. The zero-order chi connectivity index (χ0) is 4.99. The first-order valence-electron chi connectivity index (χ1n) is 2.56. The summed E-state index contributed by atoms with van der Waals surface area (Å²) in [4.78, 5) is 0. The van der Waals surface area contributed by atoms with Gasteiger partial charge in [0.1, 0.15) is 0 Å². The van der Waals surface area contributed by atoms with Gasteiger partial charge in [0.05, 0.1) is 0 Å². The lowest BCUT2D eigenvalue weighted by Gasteiger charge is -1.99. The molecule has 0 aliphatic rings. The molecule has 0 aliphatic carbocycles. The van der Waals surface area contributed by atoms with Gasteiger partial charge in [-0.1, -0.05) is 28.7 Å². The summed E-state index contributed by atoms with van der Waals surface area (Å²) in [5, 5.41) is 0. The summed E-state index contributed by atoms with van der Waals surface area (Å²) >= 11 is 0. The fourth-order valence-corrected chi connectivity index (χ4v) is 0.289. The second kappa shape index (κ2) is 10.0. The normalized spacial score (nSPS) is 7.50. The van der Waals surface area contributed by atoms with Crippen molar-refractivity contribution in [3.05, 3.63) is 0 Å². The second-order valence-electron chi connectivity index (χ2n) is 1.58. The van der Waals surface area contributed by atoms with E-state index in [0.717, 1.165) is 12.8 Å². The topological polar surface area (TPSA) is 26.0 Å². The van der Waals surface area contributed by atoms with Crippen molar-refractivity contribution in [2.45, 2.75) is 47.6 Å². The lowest BCUT2D eigenvalue weighted by molar-refractivity contribution is 0.629. The molecular formula is C7H21N. The van der Waals surface area contributed by atoms with Gasteiger partial charge in [0, 0.05) is 6.04 Å². The van der Waals surface area contributed by atoms with Crippen LogP contribution in [0.5, 0.6) is 0 Å². The van der Waals surface area contributed by atoms with Gasteiger partial charge in [-0.3, -0.25) is 0 Å². The molecule has 0 heterocycles. The standard InChI is InChI=1S/C5H13N.2CH4/c1-3-5(6)4-2;;/h5H,3-4,6H2,1-2H3;2*1H4. The van der Waals surface area contributed by atoms with Gasteiger partial charge in [0.15, 0.2) is 0 Å². The molecule has 2 N–H and O–H groups in total. The molecular weight excluding hydrogens is 98.1 g/mol. The van der Waals surface area contributed by atoms with Gasteiger partial charge >= 0.3 is 0 Å². The van der Waals surface area contributed by atoms with Gasteiger partial charge in [-0.05, 0) is 12.8 Å². The highest BCUT2D eigenvalue weighted by atomic mass is 14.6. The minimum Gasteiger partial charge on any atom is -0.328 e. The highest BCUT2D eigenvalue weighted by molar-refractivity contribution is 4.51. The predicted molar refractivity (Wildman–Crippen MR) is 42.0 cm³/mol. The van der Waals surface area contributed by atoms with Gasteiger partial charge in [0.2, 0.25) is 0 Å². The summed E-state index contributed by atoms with van der Waals surface area (Å²) in [5.74, 6) is 0. The lowest BCUT2D eigenvalue weighted by atomic mass is 10.2. The molecule has 0 aromatic rings. The van der Waals surface area contributed by atoms with Crippen LogP contribution in [0.25, 0.3) is 0 Å². The van der Waals surface area contributed by atoms with Crippen molar-refractivity contribution in [2.24, 2.45) is 5.73 Å². The third-order valence-corrected chi connectivity index (χ3v) is 1.05. The molecule has 0 bridgehead atoms. The Bertz CT molecular complexity index is 23.6. The highest BCUT2D eigenvalue weighted by Crippen LogP contribution is 1.88. The molecule has 8 heavy (non-hydrogen) atoms. The van der Waals surface area contributed by atoms with E-state index >= 15 is 0 Å². The van der Waals surface area contributed by atoms with Crippen molar-refractivity contribution in [3.8, 4) is 0 Å². The van der Waals surface area contributed by atoms with Crippen molar-refractivity contribution < 1.29 is 0 Å². The van der Waals surface area contributed by atoms with Gasteiger partial charge in [-0.25, -0.2) is 0 Å². The van der Waals surface area contributed by atoms with Crippen LogP contribution in [0.15, 0.2) is 0 Å². The first kappa shape index (κ1) is 15.7. The molecule has 0 atom stereocenters. The van der Waals surface area contributed by atoms with E-state index in [-0.39, 0.29) is 14.9 Å². The molecule has 0 radical (unpaired) electrons. The van der Waals surface area contributed by atoms with Crippen LogP contribution in [0.4, 0.5) is 0 Å². The Labute approximate surface area is 54.3 Å². The van der Waals surface area contributed by atoms with Crippen molar-refractivity contribution in [3.63, 3.8) is 0 Å². The average Bonchev–Trinajstić information content (AvgIpc) is 1.65. The molecule has 54 valence electrons. The van der Waals surface area contributed by atoms with Crippen LogP contribution in [0.3, 0.4) is 0 Å². The molecule has 0 saturated heterocycles. The summed E-state index contributed by atoms with van der Waals surface area (Å²) in [7, 11) is 0. The van der Waals surface area contributed by atoms with E-state index in [1.807, 2.05) is 0 Å². The minimum absolute atomic E-state index is 0. The van der Waals surface area contributed by atoms with Crippen molar-refractivity contribution in [2.75, 3.05) is 0 Å². The SMILES string of the molecule is C.C.CCC(N)CC. The van der Waals surface area contributed by atoms with Crippen molar-refractivity contribution in [1.82, 2.24) is 0 Å². The number of nitrogens with two attached hydrogens (primary N) is 1. The Kier molecular flexibility index (Phi) is 19.7. The molecule has 0 amide bonds. The molecule has 0 rings (SSSR count). The van der Waals surface area contributed by atoms with Gasteiger partial charge in [-0.2, -0.15) is 0 Å². The van der Waals surface area contributed by atoms with Gasteiger partial charge < -0.3 is 5.73 Å². The average molecular weight is 119 g/mol. The monoisotopic (exact) mass is 119 g/mol. The zero-order valence-corrected chi connectivity index (χ0v) is 4.57. The minimum atomic E-state index is 0. The summed E-state index contributed by atoms with van der Waals surface area (Å²) in [5.41, 5.74) is 5.47. The summed E-state index contributed by atoms with van der Waals surface area (Å²) in [6, 6.07) is 0.435. The molecule has 0 aromatic carbocycles. The quantitative estimate of drug-likeness (QED) is 0.593. The van der Waals surface area contributed by atoms with E-state index in [1.165, 1.54) is 0 Å². The first-order chi connectivity index (χ1) is 2.81. The van der Waals surface area contributed by atoms with E-state index in [0.29, 0.717) is 6.04 Å². The molecule has 0 fully saturated rings. The second-order valence-corrected chi connectivity index (χ2v) is 1.58. The number of hydrogen-bond acceptors (Lipinski definition) is 1. The summed E-state index contributed by atoms with van der Waals surface area (Å²) < 4.78 is 0. The van der Waals surface area contributed by atoms with Crippen LogP contribution in [-0.2, 0) is 0 Å². The Balaban J connectivity index is -0.000000125. The Morgan fingerprint density at radius 1 is 1.12 bits per heavy atom. The molecule has 0 aromatic heterocycles. The summed E-state index contributed by atoms with van der Waals surface area (Å²) in [6.07, 6.45) is 2.22. The zero-order valence-electron chi connectivity index (χ0n) is 4.57. The highest BCUT2D eigenvalue weighted by Gasteiger charge is 1.88. The summed E-state index contributed by atoms with van der Waals surface area (Å²) in [6.45, 7) is 4.21. The Morgan fingerprint density at radius 2 is 1.38 bits per heavy atom. The maximum absolute atomic E-state index is 5.47. The maximum Gasteiger partial charge on any atom is 0.00335 e. The smallest absolute Gasteiger partial charge is 0.00335 e. The fourth-order valence-electron chi connectivity index (χ4n) is 0.289. The lowest BCUT2D eigenvalue weighted by Crippen LogP contribution is -2.16. The number of rotatable bonds is 2. The Hall–Kier alpha value is -0.0400. The largest absolute Gasteiger partial charge is 0.328 e. The molecule has 0 spiro atoms. The number of hydrogen-bond donors (Lipinski definition) is 1. The van der Waals surface area contributed by atoms with Gasteiger partial charge in [-0.15, -0.1) is 0 Å². The molecule has 0 saturated carbocycles. The van der Waals surface area contributed by atoms with Crippen LogP contribution in [0.2, 0.25) is 0 Å². The van der Waals surface area contributed by atoms with Crippen LogP contribution >= 0.6 is 0 Å². The van der Waals surface area contributed by atoms with E-state index < -0.39 is 0 Å². The third kappa shape index (κ3) is 9.35. The molecule has 0 unspecified atom stereocenters. The van der Waals surface area contributed by atoms with E-state index in [4.69, 9.17) is 5.73 Å². The maximum atomic E-state index is 5.47. The van der Waals surface area contributed by atoms with Gasteiger partial charge in [0.25, 0.3) is 0 Å². The van der Waals surface area contributed by atoms with Crippen molar-refractivity contribution >= 4 is 0 Å². The van der Waals surface area contributed by atoms with E-state index in [1.54, 1.807) is 0 Å². The van der Waals surface area contributed by atoms with Crippen LogP contribution in [-0.4, -0.2) is 6.04 Å². The van der Waals surface area contributed by atoms with E-state index in [9.17, 15) is 0 Å². The Morgan fingerprint density at radius 3 is 1.38 bits per heavy atom. The van der Waals surface area contributed by atoms with E-state index in [2.05, 4.69) is 13.8 Å². The molecule has 1 nitrogen and oxygen atoms in total. The van der Waals surface area contributed by atoms with Crippen molar-refractivity contribution in [1.29, 1.82) is 0 Å². The molecule has 0 aliphatic heterocycles. The fraction of sp³-hybridized carbons (Fsp3) is 1.00. The van der Waals surface area contributed by atoms with Crippen LogP contribution in [0.1, 0.15) is 41.5 Å². The van der Waals surface area contributed by atoms with Crippen LogP contribution in [0, 0.1) is 0 Å². The third-order valence-electron chi connectivity index (χ3n) is 1.05. The predicted octanol–water partition coefficient (Wildman–Crippen LogP) is 2.41. The van der Waals surface area contributed by atoms with Crippen LogP contribution < -0.4 is 5.73 Å².